The van der Waals surface area contributed by atoms with Crippen LogP contribution in [-0.2, 0) is 5.88 Å². The molecule has 108 valence electrons. The quantitative estimate of drug-likeness (QED) is 0.469. The third-order valence-electron chi connectivity index (χ3n) is 3.43. The maximum atomic E-state index is 6.08. The molecule has 0 fully saturated rings. The molecule has 0 saturated carbocycles. The lowest BCUT2D eigenvalue weighted by atomic mass is 10.2. The fourth-order valence-corrected chi connectivity index (χ4v) is 3.03. The average molecular weight is 412 g/mol. The second kappa shape index (κ2) is 5.85. The summed E-state index contributed by atoms with van der Waals surface area (Å²) in [7, 11) is 4.07. The summed E-state index contributed by atoms with van der Waals surface area (Å²) in [6.45, 7) is 0. The Morgan fingerprint density at radius 2 is 1.86 bits per heavy atom. The number of fused-ring (bicyclic) bond motifs is 1. The van der Waals surface area contributed by atoms with E-state index in [0.717, 1.165) is 22.5 Å². The molecule has 2 aromatic carbocycles. The van der Waals surface area contributed by atoms with Crippen LogP contribution in [0.2, 0.25) is 0 Å². The second-order valence-corrected chi connectivity index (χ2v) is 6.55. The molecule has 0 bridgehead atoms. The van der Waals surface area contributed by atoms with Gasteiger partial charge in [-0.1, -0.05) is 0 Å². The van der Waals surface area contributed by atoms with Gasteiger partial charge in [0.15, 0.2) is 0 Å². The fraction of sp³-hybridized carbons (Fsp3) is 0.188. The molecule has 1 heterocycles. The maximum Gasteiger partial charge on any atom is 0.129 e. The molecule has 3 nitrogen and oxygen atoms in total. The zero-order valence-electron chi connectivity index (χ0n) is 11.8. The first-order chi connectivity index (χ1) is 10.1. The first-order valence-corrected chi connectivity index (χ1v) is 8.22. The van der Waals surface area contributed by atoms with Gasteiger partial charge in [0.1, 0.15) is 5.82 Å². The molecule has 5 heteroatoms. The Balaban J connectivity index is 2.18. The third kappa shape index (κ3) is 2.74. The van der Waals surface area contributed by atoms with E-state index >= 15 is 0 Å². The van der Waals surface area contributed by atoms with Crippen LogP contribution in [0.5, 0.6) is 0 Å². The lowest BCUT2D eigenvalue weighted by Gasteiger charge is -2.14. The highest BCUT2D eigenvalue weighted by atomic mass is 127. The molecule has 0 aliphatic carbocycles. The first-order valence-electron chi connectivity index (χ1n) is 6.61. The monoisotopic (exact) mass is 411 g/mol. The molecule has 21 heavy (non-hydrogen) atoms. The van der Waals surface area contributed by atoms with E-state index in [1.54, 1.807) is 0 Å². The maximum absolute atomic E-state index is 6.08. The van der Waals surface area contributed by atoms with Crippen LogP contribution in [0.1, 0.15) is 5.82 Å². The Kier molecular flexibility index (Phi) is 4.08. The van der Waals surface area contributed by atoms with Crippen molar-refractivity contribution in [3.8, 4) is 5.69 Å². The van der Waals surface area contributed by atoms with Crippen LogP contribution < -0.4 is 4.90 Å². The number of rotatable bonds is 3. The molecule has 0 aliphatic rings. The minimum atomic E-state index is 0.390. The first kappa shape index (κ1) is 14.7. The molecule has 3 aromatic rings. The van der Waals surface area contributed by atoms with Crippen molar-refractivity contribution in [1.82, 2.24) is 9.55 Å². The number of imidazole rings is 1. The van der Waals surface area contributed by atoms with Crippen LogP contribution in [0.25, 0.3) is 16.7 Å². The van der Waals surface area contributed by atoms with Crippen molar-refractivity contribution in [2.45, 2.75) is 5.88 Å². The largest absolute Gasteiger partial charge is 0.378 e. The van der Waals surface area contributed by atoms with E-state index in [2.05, 4.69) is 79.5 Å². The van der Waals surface area contributed by atoms with Crippen molar-refractivity contribution in [1.29, 1.82) is 0 Å². The number of hydrogen-bond acceptors (Lipinski definition) is 2. The molecule has 0 saturated heterocycles. The van der Waals surface area contributed by atoms with Gasteiger partial charge in [-0.3, -0.25) is 4.57 Å². The van der Waals surface area contributed by atoms with E-state index in [4.69, 9.17) is 11.6 Å². The van der Waals surface area contributed by atoms with Gasteiger partial charge in [0.05, 0.1) is 16.9 Å². The summed E-state index contributed by atoms with van der Waals surface area (Å²) in [5.41, 5.74) is 4.32. The number of alkyl halides is 1. The van der Waals surface area contributed by atoms with Gasteiger partial charge < -0.3 is 4.90 Å². The molecule has 0 aliphatic heterocycles. The molecule has 0 unspecified atom stereocenters. The van der Waals surface area contributed by atoms with Crippen molar-refractivity contribution < 1.29 is 0 Å². The molecule has 3 rings (SSSR count). The molecule has 0 amide bonds. The molecule has 0 radical (unpaired) electrons. The van der Waals surface area contributed by atoms with Crippen LogP contribution in [0.3, 0.4) is 0 Å². The average Bonchev–Trinajstić information content (AvgIpc) is 2.84. The molecule has 1 aromatic heterocycles. The summed E-state index contributed by atoms with van der Waals surface area (Å²) in [5, 5.41) is 0. The Bertz CT molecular complexity index is 778. The molecular weight excluding hydrogens is 397 g/mol. The van der Waals surface area contributed by atoms with Gasteiger partial charge in [-0.2, -0.15) is 0 Å². The van der Waals surface area contributed by atoms with E-state index in [9.17, 15) is 0 Å². The van der Waals surface area contributed by atoms with Crippen molar-refractivity contribution in [3.63, 3.8) is 0 Å². The topological polar surface area (TPSA) is 21.1 Å². The van der Waals surface area contributed by atoms with E-state index in [1.807, 2.05) is 14.1 Å². The van der Waals surface area contributed by atoms with Crippen LogP contribution in [0.4, 0.5) is 5.69 Å². The van der Waals surface area contributed by atoms with Crippen molar-refractivity contribution in [2.24, 2.45) is 0 Å². The van der Waals surface area contributed by atoms with E-state index in [0.29, 0.717) is 5.88 Å². The van der Waals surface area contributed by atoms with Crippen LogP contribution >= 0.6 is 34.2 Å². The minimum absolute atomic E-state index is 0.390. The smallest absolute Gasteiger partial charge is 0.129 e. The van der Waals surface area contributed by atoms with E-state index in [-0.39, 0.29) is 0 Å². The number of anilines is 1. The number of aromatic nitrogens is 2. The highest BCUT2D eigenvalue weighted by Gasteiger charge is 2.12. The summed E-state index contributed by atoms with van der Waals surface area (Å²) in [6.07, 6.45) is 0. The second-order valence-electron chi connectivity index (χ2n) is 5.04. The Labute approximate surface area is 142 Å². The standard InChI is InChI=1S/C16H15ClIN3/c1-20(2)12-4-6-13(7-5-12)21-15-8-3-11(18)9-14(15)19-16(21)10-17/h3-9H,10H2,1-2H3. The van der Waals surface area contributed by atoms with Crippen molar-refractivity contribution >= 4 is 50.9 Å². The Hall–Kier alpha value is -1.27. The zero-order chi connectivity index (χ0) is 15.0. The van der Waals surface area contributed by atoms with Gasteiger partial charge in [0.25, 0.3) is 0 Å². The summed E-state index contributed by atoms with van der Waals surface area (Å²) in [6, 6.07) is 14.7. The SMILES string of the molecule is CN(C)c1ccc(-n2c(CCl)nc3cc(I)ccc32)cc1. The van der Waals surface area contributed by atoms with Gasteiger partial charge in [-0.05, 0) is 65.1 Å². The number of halogens is 2. The molecule has 0 atom stereocenters. The van der Waals surface area contributed by atoms with Gasteiger partial charge in [0, 0.05) is 29.0 Å². The van der Waals surface area contributed by atoms with Crippen molar-refractivity contribution in [2.75, 3.05) is 19.0 Å². The lowest BCUT2D eigenvalue weighted by molar-refractivity contribution is 0.980. The summed E-state index contributed by atoms with van der Waals surface area (Å²) < 4.78 is 3.30. The van der Waals surface area contributed by atoms with Gasteiger partial charge in [-0.15, -0.1) is 11.6 Å². The number of benzene rings is 2. The van der Waals surface area contributed by atoms with Crippen LogP contribution in [0.15, 0.2) is 42.5 Å². The van der Waals surface area contributed by atoms with Crippen LogP contribution in [0, 0.1) is 3.57 Å². The Morgan fingerprint density at radius 1 is 1.14 bits per heavy atom. The zero-order valence-corrected chi connectivity index (χ0v) is 14.8. The number of nitrogens with zero attached hydrogens (tertiary/aromatic N) is 3. The lowest BCUT2D eigenvalue weighted by Crippen LogP contribution is -2.08. The predicted octanol–water partition coefficient (Wildman–Crippen LogP) is 4.43. The van der Waals surface area contributed by atoms with Crippen LogP contribution in [-0.4, -0.2) is 23.6 Å². The van der Waals surface area contributed by atoms with E-state index in [1.165, 1.54) is 9.26 Å². The van der Waals surface area contributed by atoms with Gasteiger partial charge >= 0.3 is 0 Å². The normalized spacial score (nSPS) is 11.0. The van der Waals surface area contributed by atoms with E-state index < -0.39 is 0 Å². The molecular formula is C16H15ClIN3. The molecule has 0 spiro atoms. The fourth-order valence-electron chi connectivity index (χ4n) is 2.38. The molecule has 0 N–H and O–H groups in total. The minimum Gasteiger partial charge on any atom is -0.378 e. The summed E-state index contributed by atoms with van der Waals surface area (Å²) in [4.78, 5) is 6.73. The van der Waals surface area contributed by atoms with Gasteiger partial charge in [-0.25, -0.2) is 4.98 Å². The van der Waals surface area contributed by atoms with Gasteiger partial charge in [0.2, 0.25) is 0 Å². The highest BCUT2D eigenvalue weighted by Crippen LogP contribution is 2.25. The number of hydrogen-bond donors (Lipinski definition) is 0. The Morgan fingerprint density at radius 3 is 2.48 bits per heavy atom. The predicted molar refractivity (Wildman–Crippen MR) is 97.7 cm³/mol. The summed E-state index contributed by atoms with van der Waals surface area (Å²) in [5.74, 6) is 1.26. The van der Waals surface area contributed by atoms with Crippen molar-refractivity contribution in [3.05, 3.63) is 51.9 Å². The third-order valence-corrected chi connectivity index (χ3v) is 4.34. The highest BCUT2D eigenvalue weighted by molar-refractivity contribution is 14.1. The summed E-state index contributed by atoms with van der Waals surface area (Å²) >= 11 is 8.38.